The van der Waals surface area contributed by atoms with Gasteiger partial charge in [0.15, 0.2) is 11.6 Å². The number of hydrogen-bond acceptors (Lipinski definition) is 7. The number of nitrogens with one attached hydrogen (secondary N) is 1. The minimum Gasteiger partial charge on any atom is -0.490 e. The summed E-state index contributed by atoms with van der Waals surface area (Å²) in [6.45, 7) is -0.0462. The SMILES string of the molecule is O=S(=O)(Nc1ncns1)c1cc(F)c(OCC2(Cc3ccc(Cl)c(F)c3)CCC(O)CC2)cc1F. The van der Waals surface area contributed by atoms with Gasteiger partial charge in [0.05, 0.1) is 17.7 Å². The molecule has 2 aromatic carbocycles. The van der Waals surface area contributed by atoms with E-state index in [1.165, 1.54) is 12.1 Å². The van der Waals surface area contributed by atoms with Crippen molar-refractivity contribution in [3.8, 4) is 5.75 Å². The minimum atomic E-state index is -4.44. The van der Waals surface area contributed by atoms with Crippen LogP contribution in [0, 0.1) is 22.9 Å². The molecule has 13 heteroatoms. The quantitative estimate of drug-likeness (QED) is 0.414. The van der Waals surface area contributed by atoms with Gasteiger partial charge in [0, 0.05) is 29.1 Å². The molecule has 0 saturated heterocycles. The fraction of sp³-hybridized carbons (Fsp3) is 0.364. The van der Waals surface area contributed by atoms with Crippen LogP contribution in [0.4, 0.5) is 18.3 Å². The van der Waals surface area contributed by atoms with Crippen LogP contribution in [-0.4, -0.2) is 35.6 Å². The Kier molecular flexibility index (Phi) is 7.55. The zero-order chi connectivity index (χ0) is 25.2. The second-order valence-corrected chi connectivity index (χ2v) is 11.3. The number of aliphatic hydroxyl groups is 1. The van der Waals surface area contributed by atoms with Gasteiger partial charge in [-0.25, -0.2) is 26.6 Å². The molecule has 3 aromatic rings. The van der Waals surface area contributed by atoms with Crippen molar-refractivity contribution >= 4 is 38.3 Å². The third kappa shape index (κ3) is 6.05. The molecule has 0 unspecified atom stereocenters. The van der Waals surface area contributed by atoms with Crippen LogP contribution in [0.1, 0.15) is 31.2 Å². The van der Waals surface area contributed by atoms with Crippen LogP contribution in [0.25, 0.3) is 0 Å². The van der Waals surface area contributed by atoms with Crippen molar-refractivity contribution in [1.82, 2.24) is 9.36 Å². The van der Waals surface area contributed by atoms with Crippen molar-refractivity contribution in [2.45, 2.75) is 43.1 Å². The fourth-order valence-electron chi connectivity index (χ4n) is 4.12. The molecule has 2 N–H and O–H groups in total. The monoisotopic (exact) mass is 547 g/mol. The van der Waals surface area contributed by atoms with Crippen molar-refractivity contribution in [1.29, 1.82) is 0 Å². The molecule has 1 fully saturated rings. The highest BCUT2D eigenvalue weighted by atomic mass is 35.5. The molecule has 1 aliphatic carbocycles. The molecule has 0 atom stereocenters. The lowest BCUT2D eigenvalue weighted by Crippen LogP contribution is -2.37. The molecule has 0 bridgehead atoms. The molecule has 7 nitrogen and oxygen atoms in total. The zero-order valence-electron chi connectivity index (χ0n) is 18.2. The molecule has 1 aromatic heterocycles. The Bertz CT molecular complexity index is 1300. The van der Waals surface area contributed by atoms with Gasteiger partial charge in [-0.1, -0.05) is 17.7 Å². The summed E-state index contributed by atoms with van der Waals surface area (Å²) in [5.74, 6) is -3.29. The molecule has 0 spiro atoms. The van der Waals surface area contributed by atoms with Gasteiger partial charge in [-0.2, -0.15) is 4.37 Å². The summed E-state index contributed by atoms with van der Waals surface area (Å²) in [5.41, 5.74) is 0.0785. The fourth-order valence-corrected chi connectivity index (χ4v) is 5.97. The summed E-state index contributed by atoms with van der Waals surface area (Å²) in [5, 5.41) is 9.85. The van der Waals surface area contributed by atoms with E-state index in [2.05, 4.69) is 9.36 Å². The Morgan fingerprint density at radius 1 is 1.14 bits per heavy atom. The molecule has 188 valence electrons. The molecular formula is C22H21ClF3N3O4S2. The third-order valence-corrected chi connectivity index (χ3v) is 8.34. The number of aliphatic hydroxyl groups excluding tert-OH is 1. The highest BCUT2D eigenvalue weighted by molar-refractivity contribution is 7.93. The number of benzene rings is 2. The van der Waals surface area contributed by atoms with Crippen LogP contribution in [0.2, 0.25) is 5.02 Å². The maximum absolute atomic E-state index is 14.8. The van der Waals surface area contributed by atoms with Gasteiger partial charge in [0.2, 0.25) is 5.13 Å². The van der Waals surface area contributed by atoms with Crippen molar-refractivity contribution < 1.29 is 31.4 Å². The highest BCUT2D eigenvalue weighted by Crippen LogP contribution is 2.41. The molecule has 0 aliphatic heterocycles. The number of ether oxygens (including phenoxy) is 1. The van der Waals surface area contributed by atoms with E-state index in [1.807, 2.05) is 4.72 Å². The average Bonchev–Trinajstić information content (AvgIpc) is 3.31. The van der Waals surface area contributed by atoms with Crippen LogP contribution in [0.3, 0.4) is 0 Å². The number of aromatic nitrogens is 2. The summed E-state index contributed by atoms with van der Waals surface area (Å²) in [6, 6.07) is 5.67. The summed E-state index contributed by atoms with van der Waals surface area (Å²) in [6.07, 6.45) is 2.99. The zero-order valence-corrected chi connectivity index (χ0v) is 20.6. The van der Waals surface area contributed by atoms with E-state index in [0.717, 1.165) is 17.9 Å². The van der Waals surface area contributed by atoms with Crippen LogP contribution in [0.5, 0.6) is 5.75 Å². The second kappa shape index (κ2) is 10.3. The lowest BCUT2D eigenvalue weighted by Gasteiger charge is -2.39. The van der Waals surface area contributed by atoms with Crippen molar-refractivity contribution in [2.75, 3.05) is 11.3 Å². The Balaban J connectivity index is 1.54. The average molecular weight is 548 g/mol. The van der Waals surface area contributed by atoms with Gasteiger partial charge in [-0.05, 0) is 49.8 Å². The van der Waals surface area contributed by atoms with Gasteiger partial charge in [0.25, 0.3) is 10.0 Å². The Morgan fingerprint density at radius 2 is 1.89 bits per heavy atom. The first-order valence-electron chi connectivity index (χ1n) is 10.6. The van der Waals surface area contributed by atoms with Gasteiger partial charge >= 0.3 is 0 Å². The molecule has 1 heterocycles. The number of rotatable bonds is 8. The molecule has 4 rings (SSSR count). The smallest absolute Gasteiger partial charge is 0.266 e. The standard InChI is InChI=1S/C22H21ClF3N3O4S2/c23-15-2-1-13(7-16(15)24)10-22(5-3-14(30)4-6-22)11-33-19-8-18(26)20(9-17(19)25)35(31,32)29-21-27-12-28-34-21/h1-2,7-9,12,14,30H,3-6,10-11H2,(H,27,28,29). The molecule has 0 radical (unpaired) electrons. The molecular weight excluding hydrogens is 527 g/mol. The Morgan fingerprint density at radius 3 is 2.54 bits per heavy atom. The molecule has 0 amide bonds. The van der Waals surface area contributed by atoms with Gasteiger partial charge < -0.3 is 9.84 Å². The van der Waals surface area contributed by atoms with E-state index in [9.17, 15) is 26.7 Å². The number of halogens is 4. The molecule has 1 aliphatic rings. The van der Waals surface area contributed by atoms with Crippen LogP contribution < -0.4 is 9.46 Å². The van der Waals surface area contributed by atoms with Gasteiger partial charge in [-0.3, -0.25) is 4.72 Å². The Hall–Kier alpha value is -2.41. The van der Waals surface area contributed by atoms with E-state index < -0.39 is 49.6 Å². The van der Waals surface area contributed by atoms with E-state index in [1.54, 1.807) is 6.07 Å². The molecule has 1 saturated carbocycles. The van der Waals surface area contributed by atoms with Gasteiger partial charge in [0.1, 0.15) is 22.9 Å². The van der Waals surface area contributed by atoms with E-state index in [0.29, 0.717) is 49.8 Å². The summed E-state index contributed by atoms with van der Waals surface area (Å²) in [7, 11) is -4.44. The van der Waals surface area contributed by atoms with E-state index in [-0.39, 0.29) is 16.8 Å². The summed E-state index contributed by atoms with van der Waals surface area (Å²) >= 11 is 6.51. The normalized spacial score (nSPS) is 20.5. The van der Waals surface area contributed by atoms with E-state index in [4.69, 9.17) is 16.3 Å². The maximum Gasteiger partial charge on any atom is 0.266 e. The van der Waals surface area contributed by atoms with Crippen molar-refractivity contribution in [2.24, 2.45) is 5.41 Å². The molecule has 35 heavy (non-hydrogen) atoms. The summed E-state index contributed by atoms with van der Waals surface area (Å²) < 4.78 is 79.7. The first-order valence-corrected chi connectivity index (χ1v) is 13.2. The minimum absolute atomic E-state index is 0.00804. The lowest BCUT2D eigenvalue weighted by molar-refractivity contribution is 0.0304. The van der Waals surface area contributed by atoms with Crippen LogP contribution >= 0.6 is 23.1 Å². The predicted octanol–water partition coefficient (Wildman–Crippen LogP) is 4.95. The second-order valence-electron chi connectivity index (χ2n) is 8.51. The third-order valence-electron chi connectivity index (χ3n) is 5.97. The Labute approximate surface area is 209 Å². The summed E-state index contributed by atoms with van der Waals surface area (Å²) in [4.78, 5) is 2.76. The predicted molar refractivity (Wildman–Crippen MR) is 125 cm³/mol. The highest BCUT2D eigenvalue weighted by Gasteiger charge is 2.36. The number of hydrogen-bond donors (Lipinski definition) is 2. The first kappa shape index (κ1) is 25.7. The first-order chi connectivity index (χ1) is 16.6. The topological polar surface area (TPSA) is 101 Å². The van der Waals surface area contributed by atoms with Crippen molar-refractivity contribution in [3.05, 3.63) is 64.7 Å². The van der Waals surface area contributed by atoms with E-state index >= 15 is 0 Å². The van der Waals surface area contributed by atoms with Crippen molar-refractivity contribution in [3.63, 3.8) is 0 Å². The number of sulfonamides is 1. The maximum atomic E-state index is 14.8. The lowest BCUT2D eigenvalue weighted by atomic mass is 9.70. The largest absolute Gasteiger partial charge is 0.490 e. The number of anilines is 1. The number of nitrogens with zero attached hydrogens (tertiary/aromatic N) is 2. The van der Waals surface area contributed by atoms with Gasteiger partial charge in [-0.15, -0.1) is 0 Å². The van der Waals surface area contributed by atoms with Crippen LogP contribution in [0.15, 0.2) is 41.6 Å². The van der Waals surface area contributed by atoms with Crippen LogP contribution in [-0.2, 0) is 16.4 Å².